The number of esters is 1. The molecule has 0 N–H and O–H groups in total. The second kappa shape index (κ2) is 4.67. The minimum atomic E-state index is -4.64. The fourth-order valence-electron chi connectivity index (χ4n) is 1.19. The molecule has 0 saturated heterocycles. The second-order valence-corrected chi connectivity index (χ2v) is 3.50. The van der Waals surface area contributed by atoms with Crippen LogP contribution in [0.25, 0.3) is 0 Å². The highest BCUT2D eigenvalue weighted by Gasteiger charge is 2.34. The van der Waals surface area contributed by atoms with E-state index in [1.54, 1.807) is 6.07 Å². The average molecular weight is 261 g/mol. The van der Waals surface area contributed by atoms with Crippen molar-refractivity contribution in [3.05, 3.63) is 28.8 Å². The van der Waals surface area contributed by atoms with Crippen molar-refractivity contribution >= 4 is 18.6 Å². The lowest BCUT2D eigenvalue weighted by Crippen LogP contribution is -2.11. The van der Waals surface area contributed by atoms with Gasteiger partial charge in [-0.05, 0) is 12.1 Å². The first kappa shape index (κ1) is 13.4. The highest BCUT2D eigenvalue weighted by Crippen LogP contribution is 2.35. The fourth-order valence-corrected chi connectivity index (χ4v) is 1.51. The largest absolute Gasteiger partial charge is 0.465 e. The van der Waals surface area contributed by atoms with E-state index in [2.05, 4.69) is 17.4 Å². The van der Waals surface area contributed by atoms with E-state index in [0.717, 1.165) is 13.2 Å². The second-order valence-electron chi connectivity index (χ2n) is 3.02. The number of nitrogens with zero attached hydrogens (tertiary/aromatic N) is 1. The van der Waals surface area contributed by atoms with E-state index >= 15 is 0 Å². The molecular formula is C10H6F3NO2S. The van der Waals surface area contributed by atoms with Gasteiger partial charge in [0.15, 0.2) is 0 Å². The molecule has 0 amide bonds. The minimum Gasteiger partial charge on any atom is -0.465 e. The van der Waals surface area contributed by atoms with Crippen LogP contribution < -0.4 is 0 Å². The number of halogens is 3. The minimum absolute atomic E-state index is 0.213. The molecule has 0 heterocycles. The standard InChI is InChI=1S/C10H6F3NO2S/c1-16-9(15)6-3-7(10(11,12)13)8(17)2-5(6)4-14/h2-3,17H,1H3. The summed E-state index contributed by atoms with van der Waals surface area (Å²) < 4.78 is 41.9. The van der Waals surface area contributed by atoms with Crippen molar-refractivity contribution in [3.8, 4) is 6.07 Å². The Hall–Kier alpha value is -1.68. The molecule has 1 rings (SSSR count). The molecule has 90 valence electrons. The van der Waals surface area contributed by atoms with Crippen LogP contribution in [0.4, 0.5) is 13.2 Å². The van der Waals surface area contributed by atoms with Crippen LogP contribution in [-0.2, 0) is 10.9 Å². The molecule has 0 aliphatic carbocycles. The van der Waals surface area contributed by atoms with Gasteiger partial charge in [-0.2, -0.15) is 18.4 Å². The molecular weight excluding hydrogens is 255 g/mol. The van der Waals surface area contributed by atoms with Crippen molar-refractivity contribution in [3.63, 3.8) is 0 Å². The smallest absolute Gasteiger partial charge is 0.417 e. The van der Waals surface area contributed by atoms with Crippen LogP contribution in [0.1, 0.15) is 21.5 Å². The van der Waals surface area contributed by atoms with Gasteiger partial charge in [-0.15, -0.1) is 12.6 Å². The van der Waals surface area contributed by atoms with Crippen LogP contribution in [-0.4, -0.2) is 13.1 Å². The van der Waals surface area contributed by atoms with Crippen molar-refractivity contribution < 1.29 is 22.7 Å². The number of alkyl halides is 3. The number of hydrogen-bond acceptors (Lipinski definition) is 4. The maximum atomic E-state index is 12.5. The van der Waals surface area contributed by atoms with E-state index in [1.807, 2.05) is 0 Å². The van der Waals surface area contributed by atoms with Crippen LogP contribution in [0.2, 0.25) is 0 Å². The number of rotatable bonds is 1. The van der Waals surface area contributed by atoms with Gasteiger partial charge < -0.3 is 4.74 Å². The summed E-state index contributed by atoms with van der Waals surface area (Å²) in [5, 5.41) is 8.71. The molecule has 3 nitrogen and oxygen atoms in total. The molecule has 0 aliphatic heterocycles. The summed E-state index contributed by atoms with van der Waals surface area (Å²) in [4.78, 5) is 10.8. The number of benzene rings is 1. The first-order chi connectivity index (χ1) is 7.81. The third-order valence-corrected chi connectivity index (χ3v) is 2.34. The normalized spacial score (nSPS) is 10.8. The Bertz CT molecular complexity index is 505. The maximum Gasteiger partial charge on any atom is 0.417 e. The van der Waals surface area contributed by atoms with E-state index in [0.29, 0.717) is 6.07 Å². The topological polar surface area (TPSA) is 50.1 Å². The maximum absolute atomic E-state index is 12.5. The lowest BCUT2D eigenvalue weighted by molar-refractivity contribution is -0.139. The van der Waals surface area contributed by atoms with E-state index < -0.39 is 28.2 Å². The summed E-state index contributed by atoms with van der Waals surface area (Å²) in [6, 6.07) is 3.06. The Kier molecular flexibility index (Phi) is 3.68. The van der Waals surface area contributed by atoms with E-state index in [1.165, 1.54) is 0 Å². The molecule has 7 heteroatoms. The van der Waals surface area contributed by atoms with Crippen molar-refractivity contribution in [2.45, 2.75) is 11.1 Å². The van der Waals surface area contributed by atoms with Gasteiger partial charge in [-0.1, -0.05) is 0 Å². The summed E-state index contributed by atoms with van der Waals surface area (Å²) in [7, 11) is 1.02. The van der Waals surface area contributed by atoms with Crippen LogP contribution in [0.5, 0.6) is 0 Å². The van der Waals surface area contributed by atoms with Crippen LogP contribution in [0.3, 0.4) is 0 Å². The molecule has 1 aromatic rings. The number of methoxy groups -OCH3 is 1. The highest BCUT2D eigenvalue weighted by atomic mass is 32.1. The predicted octanol–water partition coefficient (Wildman–Crippen LogP) is 2.65. The summed E-state index contributed by atoms with van der Waals surface area (Å²) in [5.41, 5.74) is -1.73. The van der Waals surface area contributed by atoms with Crippen LogP contribution >= 0.6 is 12.6 Å². The van der Waals surface area contributed by atoms with Gasteiger partial charge in [-0.3, -0.25) is 0 Å². The van der Waals surface area contributed by atoms with Gasteiger partial charge in [0.25, 0.3) is 0 Å². The summed E-state index contributed by atoms with van der Waals surface area (Å²) in [6.07, 6.45) is -4.64. The monoisotopic (exact) mass is 261 g/mol. The molecule has 0 bridgehead atoms. The average Bonchev–Trinajstić information content (AvgIpc) is 2.25. The molecule has 0 atom stereocenters. The van der Waals surface area contributed by atoms with Gasteiger partial charge in [0, 0.05) is 4.90 Å². The lowest BCUT2D eigenvalue weighted by Gasteiger charge is -2.11. The molecule has 17 heavy (non-hydrogen) atoms. The van der Waals surface area contributed by atoms with Crippen molar-refractivity contribution in [2.24, 2.45) is 0 Å². The van der Waals surface area contributed by atoms with Crippen molar-refractivity contribution in [1.82, 2.24) is 0 Å². The molecule has 0 spiro atoms. The number of nitriles is 1. The number of carbonyl (C=O) groups is 1. The molecule has 0 saturated carbocycles. The molecule has 0 radical (unpaired) electrons. The van der Waals surface area contributed by atoms with Gasteiger partial charge >= 0.3 is 12.1 Å². The third kappa shape index (κ3) is 2.71. The Morgan fingerprint density at radius 1 is 1.47 bits per heavy atom. The fraction of sp³-hybridized carbons (Fsp3) is 0.200. The number of hydrogen-bond donors (Lipinski definition) is 1. The zero-order chi connectivity index (χ0) is 13.2. The first-order valence-electron chi connectivity index (χ1n) is 4.24. The van der Waals surface area contributed by atoms with Crippen LogP contribution in [0.15, 0.2) is 17.0 Å². The van der Waals surface area contributed by atoms with Gasteiger partial charge in [0.2, 0.25) is 0 Å². The van der Waals surface area contributed by atoms with E-state index in [9.17, 15) is 18.0 Å². The predicted molar refractivity (Wildman–Crippen MR) is 54.8 cm³/mol. The molecule has 0 unspecified atom stereocenters. The first-order valence-corrected chi connectivity index (χ1v) is 4.68. The zero-order valence-electron chi connectivity index (χ0n) is 8.50. The Labute approximate surface area is 100 Å². The van der Waals surface area contributed by atoms with Crippen molar-refractivity contribution in [2.75, 3.05) is 7.11 Å². The summed E-state index contributed by atoms with van der Waals surface area (Å²) >= 11 is 3.64. The Morgan fingerprint density at radius 2 is 2.06 bits per heavy atom. The van der Waals surface area contributed by atoms with Gasteiger partial charge in [0.1, 0.15) is 6.07 Å². The van der Waals surface area contributed by atoms with E-state index in [4.69, 9.17) is 5.26 Å². The molecule has 0 aromatic heterocycles. The zero-order valence-corrected chi connectivity index (χ0v) is 9.39. The van der Waals surface area contributed by atoms with Crippen LogP contribution in [0, 0.1) is 11.3 Å². The summed E-state index contributed by atoms with van der Waals surface area (Å²) in [6.45, 7) is 0. The number of carbonyl (C=O) groups excluding carboxylic acids is 1. The molecule has 0 aliphatic rings. The quantitative estimate of drug-likeness (QED) is 0.624. The van der Waals surface area contributed by atoms with Gasteiger partial charge in [0.05, 0.1) is 23.8 Å². The summed E-state index contributed by atoms with van der Waals surface area (Å²) in [5.74, 6) is -1.000. The molecule has 1 aromatic carbocycles. The third-order valence-electron chi connectivity index (χ3n) is 1.97. The Morgan fingerprint density at radius 3 is 2.47 bits per heavy atom. The van der Waals surface area contributed by atoms with Crippen molar-refractivity contribution in [1.29, 1.82) is 5.26 Å². The van der Waals surface area contributed by atoms with E-state index in [-0.39, 0.29) is 5.56 Å². The number of thiol groups is 1. The molecule has 0 fully saturated rings. The van der Waals surface area contributed by atoms with Gasteiger partial charge in [-0.25, -0.2) is 4.79 Å². The Balaban J connectivity index is 3.50. The lowest BCUT2D eigenvalue weighted by atomic mass is 10.0. The highest BCUT2D eigenvalue weighted by molar-refractivity contribution is 7.80. The SMILES string of the molecule is COC(=O)c1cc(C(F)(F)F)c(S)cc1C#N. The number of ether oxygens (including phenoxy) is 1.